The fourth-order valence-corrected chi connectivity index (χ4v) is 2.71. The van der Waals surface area contributed by atoms with Crippen molar-refractivity contribution in [3.05, 3.63) is 57.1 Å². The standard InChI is InChI=1S/C18H17ClFNO5/c1-8-14(18(24)25-4)9(2)21-15(8)16(22)10(3)26-17(23)12-7-11(19)5-6-13(12)20/h5-7,10,21H,1-4H3/t10-/m1/s1. The highest BCUT2D eigenvalue weighted by molar-refractivity contribution is 6.30. The van der Waals surface area contributed by atoms with Gasteiger partial charge >= 0.3 is 11.9 Å². The van der Waals surface area contributed by atoms with Crippen LogP contribution in [0.5, 0.6) is 0 Å². The number of benzene rings is 1. The molecule has 6 nitrogen and oxygen atoms in total. The summed E-state index contributed by atoms with van der Waals surface area (Å²) < 4.78 is 23.5. The van der Waals surface area contributed by atoms with E-state index >= 15 is 0 Å². The third-order valence-electron chi connectivity index (χ3n) is 3.87. The first kappa shape index (κ1) is 19.7. The van der Waals surface area contributed by atoms with Gasteiger partial charge in [0.15, 0.2) is 6.10 Å². The molecule has 138 valence electrons. The number of hydrogen-bond acceptors (Lipinski definition) is 5. The topological polar surface area (TPSA) is 85.5 Å². The Morgan fingerprint density at radius 2 is 1.85 bits per heavy atom. The highest BCUT2D eigenvalue weighted by Gasteiger charge is 2.28. The SMILES string of the molecule is COC(=O)c1c(C)[nH]c(C(=O)[C@@H](C)OC(=O)c2cc(Cl)ccc2F)c1C. The third kappa shape index (κ3) is 3.77. The smallest absolute Gasteiger partial charge is 0.341 e. The summed E-state index contributed by atoms with van der Waals surface area (Å²) >= 11 is 5.75. The molecule has 0 radical (unpaired) electrons. The van der Waals surface area contributed by atoms with Crippen LogP contribution in [0.4, 0.5) is 4.39 Å². The monoisotopic (exact) mass is 381 g/mol. The number of aromatic nitrogens is 1. The highest BCUT2D eigenvalue weighted by atomic mass is 35.5. The molecule has 0 amide bonds. The van der Waals surface area contributed by atoms with Crippen LogP contribution >= 0.6 is 11.6 Å². The van der Waals surface area contributed by atoms with Crippen LogP contribution < -0.4 is 0 Å². The molecule has 0 aliphatic carbocycles. The Balaban J connectivity index is 2.24. The van der Waals surface area contributed by atoms with E-state index in [4.69, 9.17) is 16.3 Å². The summed E-state index contributed by atoms with van der Waals surface area (Å²) in [6.07, 6.45) is -1.21. The maximum atomic E-state index is 13.7. The van der Waals surface area contributed by atoms with Gasteiger partial charge in [-0.3, -0.25) is 4.79 Å². The average Bonchev–Trinajstić information content (AvgIpc) is 2.89. The summed E-state index contributed by atoms with van der Waals surface area (Å²) in [6.45, 7) is 4.55. The van der Waals surface area contributed by atoms with Gasteiger partial charge in [-0.05, 0) is 44.5 Å². The molecule has 0 spiro atoms. The number of methoxy groups -OCH3 is 1. The first-order chi connectivity index (χ1) is 12.2. The van der Waals surface area contributed by atoms with Gasteiger partial charge in [-0.2, -0.15) is 0 Å². The number of rotatable bonds is 5. The minimum absolute atomic E-state index is 0.120. The Morgan fingerprint density at radius 1 is 1.19 bits per heavy atom. The minimum atomic E-state index is -1.21. The van der Waals surface area contributed by atoms with E-state index in [0.717, 1.165) is 12.1 Å². The molecule has 0 fully saturated rings. The molecule has 0 aliphatic rings. The Morgan fingerprint density at radius 3 is 2.46 bits per heavy atom. The molecule has 0 saturated carbocycles. The molecule has 0 aliphatic heterocycles. The van der Waals surface area contributed by atoms with Gasteiger partial charge in [0, 0.05) is 10.7 Å². The second kappa shape index (κ2) is 7.70. The van der Waals surface area contributed by atoms with E-state index in [9.17, 15) is 18.8 Å². The van der Waals surface area contributed by atoms with Gasteiger partial charge in [0.2, 0.25) is 5.78 Å². The third-order valence-corrected chi connectivity index (χ3v) is 4.11. The Labute approximate surface area is 154 Å². The van der Waals surface area contributed by atoms with Gasteiger partial charge in [-0.25, -0.2) is 14.0 Å². The average molecular weight is 382 g/mol. The zero-order valence-corrected chi connectivity index (χ0v) is 15.4. The fraction of sp³-hybridized carbons (Fsp3) is 0.278. The van der Waals surface area contributed by atoms with Gasteiger partial charge in [0.1, 0.15) is 5.82 Å². The molecule has 0 saturated heterocycles. The Bertz CT molecular complexity index is 890. The van der Waals surface area contributed by atoms with E-state index in [2.05, 4.69) is 9.72 Å². The van der Waals surface area contributed by atoms with Crippen molar-refractivity contribution in [3.8, 4) is 0 Å². The first-order valence-electron chi connectivity index (χ1n) is 7.65. The molecule has 1 aromatic heterocycles. The summed E-state index contributed by atoms with van der Waals surface area (Å²) in [6, 6.07) is 3.45. The van der Waals surface area contributed by atoms with Crippen molar-refractivity contribution < 1.29 is 28.2 Å². The largest absolute Gasteiger partial charge is 0.465 e. The van der Waals surface area contributed by atoms with E-state index in [-0.39, 0.29) is 21.8 Å². The number of carbonyl (C=O) groups is 3. The van der Waals surface area contributed by atoms with Crippen molar-refractivity contribution in [1.82, 2.24) is 4.98 Å². The molecule has 26 heavy (non-hydrogen) atoms. The normalized spacial score (nSPS) is 11.8. The number of esters is 2. The van der Waals surface area contributed by atoms with Gasteiger partial charge in [0.25, 0.3) is 0 Å². The van der Waals surface area contributed by atoms with E-state index in [1.807, 2.05) is 0 Å². The van der Waals surface area contributed by atoms with Crippen LogP contribution in [0.2, 0.25) is 5.02 Å². The lowest BCUT2D eigenvalue weighted by atomic mass is 10.1. The quantitative estimate of drug-likeness (QED) is 0.631. The number of H-pyrrole nitrogens is 1. The van der Waals surface area contributed by atoms with Crippen molar-refractivity contribution in [2.45, 2.75) is 26.9 Å². The molecular weight excluding hydrogens is 365 g/mol. The van der Waals surface area contributed by atoms with E-state index < -0.39 is 29.6 Å². The molecular formula is C18H17ClFNO5. The van der Waals surface area contributed by atoms with Crippen molar-refractivity contribution in [2.75, 3.05) is 7.11 Å². The maximum absolute atomic E-state index is 13.7. The van der Waals surface area contributed by atoms with Gasteiger partial charge < -0.3 is 14.5 Å². The Kier molecular flexibility index (Phi) is 5.82. The molecule has 0 unspecified atom stereocenters. The van der Waals surface area contributed by atoms with E-state index in [1.165, 1.54) is 20.1 Å². The summed E-state index contributed by atoms with van der Waals surface area (Å²) in [4.78, 5) is 39.3. The number of ether oxygens (including phenoxy) is 2. The molecule has 2 rings (SSSR count). The highest BCUT2D eigenvalue weighted by Crippen LogP contribution is 2.22. The fourth-order valence-electron chi connectivity index (χ4n) is 2.54. The van der Waals surface area contributed by atoms with Crippen molar-refractivity contribution in [1.29, 1.82) is 0 Å². The minimum Gasteiger partial charge on any atom is -0.465 e. The summed E-state index contributed by atoms with van der Waals surface area (Å²) in [5.74, 6) is -2.96. The number of Topliss-reactive ketones (excluding diaryl/α,β-unsaturated/α-hetero) is 1. The van der Waals surface area contributed by atoms with Crippen LogP contribution in [0, 0.1) is 19.7 Å². The molecule has 2 aromatic rings. The second-order valence-electron chi connectivity index (χ2n) is 5.65. The summed E-state index contributed by atoms with van der Waals surface area (Å²) in [5, 5.41) is 0.163. The van der Waals surface area contributed by atoms with Crippen LogP contribution in [-0.2, 0) is 9.47 Å². The van der Waals surface area contributed by atoms with Crippen LogP contribution in [0.3, 0.4) is 0 Å². The number of aryl methyl sites for hydroxylation is 1. The summed E-state index contributed by atoms with van der Waals surface area (Å²) in [7, 11) is 1.24. The number of hydrogen-bond donors (Lipinski definition) is 1. The lowest BCUT2D eigenvalue weighted by molar-refractivity contribution is 0.0312. The summed E-state index contributed by atoms with van der Waals surface area (Å²) in [5.41, 5.74) is 0.838. The van der Waals surface area contributed by atoms with Crippen LogP contribution in [0.1, 0.15) is 49.4 Å². The Hall–Kier alpha value is -2.67. The van der Waals surface area contributed by atoms with Gasteiger partial charge in [-0.15, -0.1) is 0 Å². The molecule has 1 atom stereocenters. The van der Waals surface area contributed by atoms with Gasteiger partial charge in [0.05, 0.1) is 23.9 Å². The predicted octanol–water partition coefficient (Wildman–Crippen LogP) is 3.64. The predicted molar refractivity (Wildman–Crippen MR) is 92.2 cm³/mol. The van der Waals surface area contributed by atoms with Crippen molar-refractivity contribution in [3.63, 3.8) is 0 Å². The van der Waals surface area contributed by atoms with Crippen molar-refractivity contribution >= 4 is 29.3 Å². The number of ketones is 1. The molecule has 1 N–H and O–H groups in total. The number of halogens is 2. The van der Waals surface area contributed by atoms with Crippen molar-refractivity contribution in [2.24, 2.45) is 0 Å². The lowest BCUT2D eigenvalue weighted by Gasteiger charge is -2.13. The number of nitrogens with one attached hydrogen (secondary N) is 1. The van der Waals surface area contributed by atoms with Gasteiger partial charge in [-0.1, -0.05) is 11.6 Å². The van der Waals surface area contributed by atoms with Crippen LogP contribution in [0.25, 0.3) is 0 Å². The van der Waals surface area contributed by atoms with E-state index in [0.29, 0.717) is 11.3 Å². The van der Waals surface area contributed by atoms with Crippen LogP contribution in [0.15, 0.2) is 18.2 Å². The number of aromatic amines is 1. The van der Waals surface area contributed by atoms with Crippen LogP contribution in [-0.4, -0.2) is 35.9 Å². The number of carbonyl (C=O) groups excluding carboxylic acids is 3. The lowest BCUT2D eigenvalue weighted by Crippen LogP contribution is -2.25. The molecule has 1 heterocycles. The van der Waals surface area contributed by atoms with E-state index in [1.54, 1.807) is 13.8 Å². The molecule has 1 aromatic carbocycles. The second-order valence-corrected chi connectivity index (χ2v) is 6.09. The molecule has 8 heteroatoms. The molecule has 0 bridgehead atoms. The first-order valence-corrected chi connectivity index (χ1v) is 8.02. The zero-order valence-electron chi connectivity index (χ0n) is 14.6. The zero-order chi connectivity index (χ0) is 19.6. The maximum Gasteiger partial charge on any atom is 0.341 e.